The Morgan fingerprint density at radius 3 is 2.32 bits per heavy atom. The molecular weight excluding hydrogens is 286 g/mol. The van der Waals surface area contributed by atoms with Crippen LogP contribution in [0.1, 0.15) is 0 Å². The SMILES string of the molecule is COc1ccc(-c2[nH]c3c(=O)n(C)c(=O)n(C)c3c2O)cc1. The zero-order valence-electron chi connectivity index (χ0n) is 12.4. The summed E-state index contributed by atoms with van der Waals surface area (Å²) in [6.07, 6.45) is 0. The van der Waals surface area contributed by atoms with Crippen molar-refractivity contribution < 1.29 is 9.84 Å². The number of benzene rings is 1. The number of aromatic nitrogens is 3. The van der Waals surface area contributed by atoms with Gasteiger partial charge in [0.15, 0.2) is 5.75 Å². The van der Waals surface area contributed by atoms with Gasteiger partial charge < -0.3 is 14.8 Å². The summed E-state index contributed by atoms with van der Waals surface area (Å²) in [6, 6.07) is 7.01. The molecule has 0 atom stereocenters. The minimum absolute atomic E-state index is 0.127. The van der Waals surface area contributed by atoms with Gasteiger partial charge in [-0.15, -0.1) is 0 Å². The van der Waals surface area contributed by atoms with Gasteiger partial charge in [0.1, 0.15) is 16.8 Å². The van der Waals surface area contributed by atoms with Crippen molar-refractivity contribution in [2.24, 2.45) is 14.1 Å². The van der Waals surface area contributed by atoms with Crippen LogP contribution >= 0.6 is 0 Å². The number of methoxy groups -OCH3 is 1. The standard InChI is InChI=1S/C15H15N3O4/c1-17-12-11(14(20)18(2)15(17)21)16-10(13(12)19)8-4-6-9(22-3)7-5-8/h4-7,16,19H,1-3H3. The van der Waals surface area contributed by atoms with E-state index in [0.717, 1.165) is 4.57 Å². The maximum Gasteiger partial charge on any atom is 0.331 e. The van der Waals surface area contributed by atoms with Crippen molar-refractivity contribution in [3.05, 3.63) is 45.1 Å². The van der Waals surface area contributed by atoms with Gasteiger partial charge in [0.25, 0.3) is 5.56 Å². The average molecular weight is 301 g/mol. The van der Waals surface area contributed by atoms with E-state index in [1.54, 1.807) is 31.4 Å². The highest BCUT2D eigenvalue weighted by atomic mass is 16.5. The molecule has 3 rings (SSSR count). The first kappa shape index (κ1) is 14.0. The Bertz CT molecular complexity index is 977. The maximum absolute atomic E-state index is 12.2. The van der Waals surface area contributed by atoms with Crippen molar-refractivity contribution in [1.82, 2.24) is 14.1 Å². The van der Waals surface area contributed by atoms with Crippen LogP contribution in [0.25, 0.3) is 22.3 Å². The molecule has 0 fully saturated rings. The predicted octanol–water partition coefficient (Wildman–Crippen LogP) is 0.946. The molecular formula is C15H15N3O4. The van der Waals surface area contributed by atoms with Gasteiger partial charge in [-0.25, -0.2) is 4.79 Å². The molecule has 0 bridgehead atoms. The first-order valence-electron chi connectivity index (χ1n) is 6.60. The van der Waals surface area contributed by atoms with Crippen LogP contribution in [0.5, 0.6) is 11.5 Å². The summed E-state index contributed by atoms with van der Waals surface area (Å²) in [5, 5.41) is 10.4. The molecule has 7 nitrogen and oxygen atoms in total. The molecule has 0 aliphatic heterocycles. The third-order valence-corrected chi connectivity index (χ3v) is 3.75. The van der Waals surface area contributed by atoms with Crippen LogP contribution < -0.4 is 16.0 Å². The number of nitrogens with zero attached hydrogens (tertiary/aromatic N) is 2. The summed E-state index contributed by atoms with van der Waals surface area (Å²) in [4.78, 5) is 27.1. The third kappa shape index (κ3) is 1.82. The molecule has 7 heteroatoms. The molecule has 0 spiro atoms. The van der Waals surface area contributed by atoms with Crippen molar-refractivity contribution in [1.29, 1.82) is 0 Å². The quantitative estimate of drug-likeness (QED) is 0.737. The molecule has 0 saturated heterocycles. The summed E-state index contributed by atoms with van der Waals surface area (Å²) >= 11 is 0. The van der Waals surface area contributed by atoms with Gasteiger partial charge in [0, 0.05) is 19.7 Å². The van der Waals surface area contributed by atoms with Crippen LogP contribution in [0, 0.1) is 0 Å². The van der Waals surface area contributed by atoms with E-state index in [9.17, 15) is 14.7 Å². The first-order valence-corrected chi connectivity index (χ1v) is 6.60. The van der Waals surface area contributed by atoms with E-state index in [1.807, 2.05) is 0 Å². The zero-order valence-corrected chi connectivity index (χ0v) is 12.4. The summed E-state index contributed by atoms with van der Waals surface area (Å²) < 4.78 is 7.33. The number of aromatic hydroxyl groups is 1. The van der Waals surface area contributed by atoms with Crippen molar-refractivity contribution in [3.63, 3.8) is 0 Å². The van der Waals surface area contributed by atoms with Gasteiger partial charge in [0.05, 0.1) is 12.8 Å². The Morgan fingerprint density at radius 1 is 1.09 bits per heavy atom. The van der Waals surface area contributed by atoms with Crippen molar-refractivity contribution in [2.75, 3.05) is 7.11 Å². The summed E-state index contributed by atoms with van der Waals surface area (Å²) in [7, 11) is 4.47. The molecule has 3 aromatic rings. The second-order valence-electron chi connectivity index (χ2n) is 5.01. The van der Waals surface area contributed by atoms with E-state index in [-0.39, 0.29) is 16.8 Å². The second-order valence-corrected chi connectivity index (χ2v) is 5.01. The summed E-state index contributed by atoms with van der Waals surface area (Å²) in [6.45, 7) is 0. The lowest BCUT2D eigenvalue weighted by atomic mass is 10.1. The van der Waals surface area contributed by atoms with Crippen LogP contribution in [0.15, 0.2) is 33.9 Å². The number of ether oxygens (including phenoxy) is 1. The minimum Gasteiger partial charge on any atom is -0.504 e. The number of nitrogens with one attached hydrogen (secondary N) is 1. The van der Waals surface area contributed by atoms with E-state index in [1.165, 1.54) is 18.7 Å². The van der Waals surface area contributed by atoms with E-state index in [4.69, 9.17) is 4.74 Å². The van der Waals surface area contributed by atoms with Gasteiger partial charge in [-0.3, -0.25) is 13.9 Å². The number of hydrogen-bond acceptors (Lipinski definition) is 4. The minimum atomic E-state index is -0.493. The largest absolute Gasteiger partial charge is 0.504 e. The average Bonchev–Trinajstić information content (AvgIpc) is 2.88. The number of fused-ring (bicyclic) bond motifs is 1. The molecule has 2 heterocycles. The predicted molar refractivity (Wildman–Crippen MR) is 82.4 cm³/mol. The fourth-order valence-corrected chi connectivity index (χ4v) is 2.50. The van der Waals surface area contributed by atoms with E-state index in [0.29, 0.717) is 17.0 Å². The molecule has 2 aromatic heterocycles. The smallest absolute Gasteiger partial charge is 0.331 e. The van der Waals surface area contributed by atoms with E-state index < -0.39 is 11.2 Å². The molecule has 2 N–H and O–H groups in total. The fourth-order valence-electron chi connectivity index (χ4n) is 2.50. The highest BCUT2D eigenvalue weighted by Gasteiger charge is 2.19. The lowest BCUT2D eigenvalue weighted by molar-refractivity contribution is 0.415. The van der Waals surface area contributed by atoms with Gasteiger partial charge in [-0.05, 0) is 24.3 Å². The van der Waals surface area contributed by atoms with E-state index in [2.05, 4.69) is 4.98 Å². The van der Waals surface area contributed by atoms with Gasteiger partial charge >= 0.3 is 5.69 Å². The van der Waals surface area contributed by atoms with E-state index >= 15 is 0 Å². The molecule has 0 amide bonds. The summed E-state index contributed by atoms with van der Waals surface area (Å²) in [5.74, 6) is 0.556. The Hall–Kier alpha value is -2.96. The topological polar surface area (TPSA) is 89.3 Å². The lowest BCUT2D eigenvalue weighted by Gasteiger charge is -2.03. The molecule has 22 heavy (non-hydrogen) atoms. The molecule has 0 aliphatic rings. The van der Waals surface area contributed by atoms with Gasteiger partial charge in [0.2, 0.25) is 0 Å². The Labute approximate surface area is 125 Å². The van der Waals surface area contributed by atoms with Crippen molar-refractivity contribution in [2.45, 2.75) is 0 Å². The first-order chi connectivity index (χ1) is 10.5. The van der Waals surface area contributed by atoms with Crippen LogP contribution in [0.3, 0.4) is 0 Å². The lowest BCUT2D eigenvalue weighted by Crippen LogP contribution is -2.36. The Kier molecular flexibility index (Phi) is 3.05. The third-order valence-electron chi connectivity index (χ3n) is 3.75. The van der Waals surface area contributed by atoms with Crippen LogP contribution in [-0.4, -0.2) is 26.3 Å². The molecule has 1 aromatic carbocycles. The normalized spacial score (nSPS) is 11.0. The molecule has 0 unspecified atom stereocenters. The van der Waals surface area contributed by atoms with Gasteiger partial charge in [-0.2, -0.15) is 0 Å². The number of H-pyrrole nitrogens is 1. The van der Waals surface area contributed by atoms with Crippen LogP contribution in [-0.2, 0) is 14.1 Å². The molecule has 114 valence electrons. The molecule has 0 aliphatic carbocycles. The summed E-state index contributed by atoms with van der Waals surface area (Å²) in [5.41, 5.74) is 0.480. The second kappa shape index (κ2) is 4.80. The number of aryl methyl sites for hydroxylation is 1. The van der Waals surface area contributed by atoms with Gasteiger partial charge in [-0.1, -0.05) is 0 Å². The number of aromatic amines is 1. The fraction of sp³-hybridized carbons (Fsp3) is 0.200. The van der Waals surface area contributed by atoms with Crippen LogP contribution in [0.2, 0.25) is 0 Å². The van der Waals surface area contributed by atoms with Crippen molar-refractivity contribution >= 4 is 11.0 Å². The Balaban J connectivity index is 2.35. The van der Waals surface area contributed by atoms with Crippen molar-refractivity contribution in [3.8, 4) is 22.8 Å². The molecule has 0 radical (unpaired) electrons. The molecule has 0 saturated carbocycles. The maximum atomic E-state index is 12.2. The Morgan fingerprint density at radius 2 is 1.73 bits per heavy atom. The zero-order chi connectivity index (χ0) is 16.0. The highest BCUT2D eigenvalue weighted by molar-refractivity contribution is 5.90. The number of hydrogen-bond donors (Lipinski definition) is 2. The monoisotopic (exact) mass is 301 g/mol. The van der Waals surface area contributed by atoms with Crippen LogP contribution in [0.4, 0.5) is 0 Å². The number of rotatable bonds is 2. The highest BCUT2D eigenvalue weighted by Crippen LogP contribution is 2.34.